The minimum absolute atomic E-state index is 0.0500. The minimum atomic E-state index is -1.04. The van der Waals surface area contributed by atoms with Crippen LogP contribution in [0.15, 0.2) is 11.1 Å². The van der Waals surface area contributed by atoms with E-state index >= 15 is 0 Å². The van der Waals surface area contributed by atoms with Gasteiger partial charge in [0.25, 0.3) is 0 Å². The van der Waals surface area contributed by atoms with Gasteiger partial charge in [-0.3, -0.25) is 4.79 Å². The first-order chi connectivity index (χ1) is 8.22. The number of carbonyl (C=O) groups excluding carboxylic acids is 1. The standard InChI is InChI=1S/C13H24N2O3/c1-7-15(9(2)8-14(5)6)12(16)10(3)11(4)13(17)18/h9H,7-8H2,1-6H3,(H,17,18). The van der Waals surface area contributed by atoms with Gasteiger partial charge in [0.05, 0.1) is 0 Å². The number of hydrogen-bond donors (Lipinski definition) is 1. The summed E-state index contributed by atoms with van der Waals surface area (Å²) in [7, 11) is 3.89. The molecule has 5 nitrogen and oxygen atoms in total. The number of rotatable bonds is 6. The van der Waals surface area contributed by atoms with Crippen LogP contribution in [0.1, 0.15) is 27.7 Å². The molecule has 0 fully saturated rings. The summed E-state index contributed by atoms with van der Waals surface area (Å²) >= 11 is 0. The number of likely N-dealkylation sites (N-methyl/N-ethyl adjacent to an activating group) is 2. The van der Waals surface area contributed by atoms with Gasteiger partial charge in [0.2, 0.25) is 5.91 Å². The third kappa shape index (κ3) is 4.49. The van der Waals surface area contributed by atoms with E-state index in [1.165, 1.54) is 6.92 Å². The SMILES string of the molecule is CCN(C(=O)C(C)=C(C)C(=O)O)C(C)CN(C)C. The van der Waals surface area contributed by atoms with Crippen LogP contribution in [-0.2, 0) is 9.59 Å². The predicted octanol–water partition coefficient (Wildman–Crippen LogP) is 1.21. The zero-order valence-corrected chi connectivity index (χ0v) is 12.1. The van der Waals surface area contributed by atoms with Crippen molar-refractivity contribution in [3.8, 4) is 0 Å². The van der Waals surface area contributed by atoms with E-state index in [-0.39, 0.29) is 17.5 Å². The molecule has 18 heavy (non-hydrogen) atoms. The fourth-order valence-corrected chi connectivity index (χ4v) is 1.82. The van der Waals surface area contributed by atoms with Crippen LogP contribution in [0.5, 0.6) is 0 Å². The average molecular weight is 256 g/mol. The third-order valence-corrected chi connectivity index (χ3v) is 2.97. The molecule has 5 heteroatoms. The number of carboxylic acid groups (broad SMARTS) is 1. The Hall–Kier alpha value is -1.36. The van der Waals surface area contributed by atoms with Crippen LogP contribution in [-0.4, -0.2) is 60.0 Å². The molecule has 0 saturated heterocycles. The third-order valence-electron chi connectivity index (χ3n) is 2.97. The monoisotopic (exact) mass is 256 g/mol. The number of carbonyl (C=O) groups is 2. The number of hydrogen-bond acceptors (Lipinski definition) is 3. The van der Waals surface area contributed by atoms with Crippen LogP contribution in [0.2, 0.25) is 0 Å². The zero-order valence-electron chi connectivity index (χ0n) is 12.1. The fourth-order valence-electron chi connectivity index (χ4n) is 1.82. The summed E-state index contributed by atoms with van der Waals surface area (Å²) in [5.41, 5.74) is 0.408. The van der Waals surface area contributed by atoms with Crippen LogP contribution >= 0.6 is 0 Å². The summed E-state index contributed by atoms with van der Waals surface area (Å²) in [5.74, 6) is -1.25. The molecule has 1 amide bonds. The highest BCUT2D eigenvalue weighted by molar-refractivity contribution is 6.01. The van der Waals surface area contributed by atoms with E-state index in [4.69, 9.17) is 5.11 Å². The molecule has 0 aromatic heterocycles. The molecule has 0 spiro atoms. The second kappa shape index (κ2) is 7.16. The highest BCUT2D eigenvalue weighted by Crippen LogP contribution is 2.11. The van der Waals surface area contributed by atoms with Crippen LogP contribution in [0.25, 0.3) is 0 Å². The Balaban J connectivity index is 5.03. The summed E-state index contributed by atoms with van der Waals surface area (Å²) in [6, 6.07) is 0.0500. The maximum atomic E-state index is 12.2. The van der Waals surface area contributed by atoms with Gasteiger partial charge in [-0.15, -0.1) is 0 Å². The lowest BCUT2D eigenvalue weighted by Crippen LogP contribution is -2.44. The first-order valence-electron chi connectivity index (χ1n) is 6.08. The second-order valence-electron chi connectivity index (χ2n) is 4.76. The number of amides is 1. The van der Waals surface area contributed by atoms with E-state index in [0.29, 0.717) is 12.1 Å². The summed E-state index contributed by atoms with van der Waals surface area (Å²) < 4.78 is 0. The molecule has 0 rings (SSSR count). The van der Waals surface area contributed by atoms with Crippen molar-refractivity contribution in [2.24, 2.45) is 0 Å². The molecule has 0 aliphatic carbocycles. The molecule has 1 unspecified atom stereocenters. The molecular weight excluding hydrogens is 232 g/mol. The van der Waals surface area contributed by atoms with Gasteiger partial charge in [0.15, 0.2) is 0 Å². The molecule has 104 valence electrons. The summed E-state index contributed by atoms with van der Waals surface area (Å²) in [5, 5.41) is 8.90. The summed E-state index contributed by atoms with van der Waals surface area (Å²) in [4.78, 5) is 26.8. The van der Waals surface area contributed by atoms with Crippen molar-refractivity contribution in [2.75, 3.05) is 27.2 Å². The molecule has 1 N–H and O–H groups in total. The van der Waals surface area contributed by atoms with Crippen molar-refractivity contribution in [1.29, 1.82) is 0 Å². The van der Waals surface area contributed by atoms with E-state index in [1.54, 1.807) is 11.8 Å². The van der Waals surface area contributed by atoms with Gasteiger partial charge in [-0.05, 0) is 41.8 Å². The zero-order chi connectivity index (χ0) is 14.5. The van der Waals surface area contributed by atoms with Crippen molar-refractivity contribution in [2.45, 2.75) is 33.7 Å². The van der Waals surface area contributed by atoms with E-state index < -0.39 is 5.97 Å². The molecule has 0 radical (unpaired) electrons. The Morgan fingerprint density at radius 1 is 1.17 bits per heavy atom. The van der Waals surface area contributed by atoms with Gasteiger partial charge in [-0.2, -0.15) is 0 Å². The van der Waals surface area contributed by atoms with Crippen LogP contribution < -0.4 is 0 Å². The molecule has 0 heterocycles. The molecule has 0 aliphatic heterocycles. The van der Waals surface area contributed by atoms with Crippen molar-refractivity contribution >= 4 is 11.9 Å². The average Bonchev–Trinajstić information content (AvgIpc) is 2.26. The van der Waals surface area contributed by atoms with Crippen molar-refractivity contribution in [1.82, 2.24) is 9.80 Å². The fraction of sp³-hybridized carbons (Fsp3) is 0.692. The van der Waals surface area contributed by atoms with E-state index in [0.717, 1.165) is 6.54 Å². The Morgan fingerprint density at radius 3 is 2.00 bits per heavy atom. The number of carboxylic acids is 1. The highest BCUT2D eigenvalue weighted by Gasteiger charge is 2.22. The number of nitrogens with zero attached hydrogens (tertiary/aromatic N) is 2. The Kier molecular flexibility index (Phi) is 6.62. The molecule has 0 saturated carbocycles. The lowest BCUT2D eigenvalue weighted by molar-refractivity contribution is -0.134. The van der Waals surface area contributed by atoms with Gasteiger partial charge in [0.1, 0.15) is 0 Å². The first-order valence-corrected chi connectivity index (χ1v) is 6.08. The smallest absolute Gasteiger partial charge is 0.331 e. The molecule has 0 aliphatic rings. The molecule has 0 aromatic carbocycles. The summed E-state index contributed by atoms with van der Waals surface area (Å²) in [6.07, 6.45) is 0. The van der Waals surface area contributed by atoms with Crippen LogP contribution in [0.4, 0.5) is 0 Å². The second-order valence-corrected chi connectivity index (χ2v) is 4.76. The Bertz CT molecular complexity index is 348. The highest BCUT2D eigenvalue weighted by atomic mass is 16.4. The molecule has 0 bridgehead atoms. The van der Waals surface area contributed by atoms with Crippen LogP contribution in [0, 0.1) is 0 Å². The van der Waals surface area contributed by atoms with Crippen molar-refractivity contribution < 1.29 is 14.7 Å². The van der Waals surface area contributed by atoms with Gasteiger partial charge in [-0.1, -0.05) is 0 Å². The first kappa shape index (κ1) is 16.6. The molecular formula is C13H24N2O3. The van der Waals surface area contributed by atoms with Gasteiger partial charge in [0, 0.05) is 30.3 Å². The molecule has 0 aromatic rings. The normalized spacial score (nSPS) is 14.2. The maximum absolute atomic E-state index is 12.2. The topological polar surface area (TPSA) is 60.9 Å². The quantitative estimate of drug-likeness (QED) is 0.726. The Morgan fingerprint density at radius 2 is 1.67 bits per heavy atom. The van der Waals surface area contributed by atoms with Gasteiger partial charge < -0.3 is 14.9 Å². The van der Waals surface area contributed by atoms with Gasteiger partial charge in [-0.25, -0.2) is 4.79 Å². The maximum Gasteiger partial charge on any atom is 0.331 e. The van der Waals surface area contributed by atoms with Crippen molar-refractivity contribution in [3.05, 3.63) is 11.1 Å². The minimum Gasteiger partial charge on any atom is -0.478 e. The lowest BCUT2D eigenvalue weighted by atomic mass is 10.1. The Labute approximate surface area is 109 Å². The van der Waals surface area contributed by atoms with E-state index in [9.17, 15) is 9.59 Å². The van der Waals surface area contributed by atoms with Crippen molar-refractivity contribution in [3.63, 3.8) is 0 Å². The van der Waals surface area contributed by atoms with E-state index in [1.807, 2.05) is 32.8 Å². The molecule has 1 atom stereocenters. The number of aliphatic carboxylic acids is 1. The van der Waals surface area contributed by atoms with Gasteiger partial charge >= 0.3 is 5.97 Å². The van der Waals surface area contributed by atoms with E-state index in [2.05, 4.69) is 0 Å². The van der Waals surface area contributed by atoms with Crippen LogP contribution in [0.3, 0.4) is 0 Å². The largest absolute Gasteiger partial charge is 0.478 e. The lowest BCUT2D eigenvalue weighted by Gasteiger charge is -2.30. The predicted molar refractivity (Wildman–Crippen MR) is 71.4 cm³/mol. The summed E-state index contributed by atoms with van der Waals surface area (Å²) in [6.45, 7) is 8.20.